The topological polar surface area (TPSA) is 17.8 Å². The van der Waals surface area contributed by atoms with Crippen LogP contribution in [0.15, 0.2) is 4.47 Å². The molecular formula is C8H9BrF4N2. The van der Waals surface area contributed by atoms with E-state index in [4.69, 9.17) is 0 Å². The van der Waals surface area contributed by atoms with Crippen LogP contribution < -0.4 is 0 Å². The number of alkyl halides is 3. The first-order chi connectivity index (χ1) is 6.55. The lowest BCUT2D eigenvalue weighted by Crippen LogP contribution is -2.25. The SMILES string of the molecule is CC(C)(C)n1nc(C(F)(F)F)c(Br)c1F. The van der Waals surface area contributed by atoms with Crippen LogP contribution in [-0.4, -0.2) is 9.78 Å². The Bertz CT molecular complexity index is 341. The van der Waals surface area contributed by atoms with Crippen molar-refractivity contribution in [3.63, 3.8) is 0 Å². The van der Waals surface area contributed by atoms with Crippen molar-refractivity contribution in [2.24, 2.45) is 0 Å². The van der Waals surface area contributed by atoms with Crippen molar-refractivity contribution < 1.29 is 17.6 Å². The number of halogens is 5. The van der Waals surface area contributed by atoms with E-state index in [9.17, 15) is 17.6 Å². The van der Waals surface area contributed by atoms with E-state index in [1.54, 1.807) is 20.8 Å². The number of nitrogens with zero attached hydrogens (tertiary/aromatic N) is 2. The maximum absolute atomic E-state index is 13.4. The molecule has 1 aromatic heterocycles. The summed E-state index contributed by atoms with van der Waals surface area (Å²) in [6.07, 6.45) is -4.66. The normalized spacial score (nSPS) is 13.3. The molecule has 1 aromatic rings. The Morgan fingerprint density at radius 3 is 1.87 bits per heavy atom. The van der Waals surface area contributed by atoms with Crippen molar-refractivity contribution in [1.82, 2.24) is 9.78 Å². The minimum Gasteiger partial charge on any atom is -0.233 e. The van der Waals surface area contributed by atoms with Crippen LogP contribution in [0.5, 0.6) is 0 Å². The van der Waals surface area contributed by atoms with Crippen LogP contribution in [0.3, 0.4) is 0 Å². The predicted molar refractivity (Wildman–Crippen MR) is 49.9 cm³/mol. The Hall–Kier alpha value is -0.590. The number of hydrogen-bond acceptors (Lipinski definition) is 1. The van der Waals surface area contributed by atoms with E-state index in [0.29, 0.717) is 4.68 Å². The van der Waals surface area contributed by atoms with E-state index in [2.05, 4.69) is 21.0 Å². The molecule has 0 radical (unpaired) electrons. The Kier molecular flexibility index (Phi) is 2.88. The van der Waals surface area contributed by atoms with Gasteiger partial charge in [0.1, 0.15) is 4.47 Å². The monoisotopic (exact) mass is 288 g/mol. The molecule has 0 saturated heterocycles. The van der Waals surface area contributed by atoms with Gasteiger partial charge in [-0.25, -0.2) is 4.68 Å². The largest absolute Gasteiger partial charge is 0.436 e. The zero-order valence-electron chi connectivity index (χ0n) is 8.28. The van der Waals surface area contributed by atoms with Crippen LogP contribution in [0.2, 0.25) is 0 Å². The number of hydrogen-bond donors (Lipinski definition) is 0. The molecule has 7 heteroatoms. The van der Waals surface area contributed by atoms with Gasteiger partial charge in [-0.3, -0.25) is 0 Å². The van der Waals surface area contributed by atoms with E-state index in [1.807, 2.05) is 0 Å². The molecule has 0 fully saturated rings. The Morgan fingerprint density at radius 2 is 1.67 bits per heavy atom. The molecule has 1 rings (SSSR count). The molecular weight excluding hydrogens is 280 g/mol. The highest BCUT2D eigenvalue weighted by Crippen LogP contribution is 2.36. The van der Waals surface area contributed by atoms with E-state index in [-0.39, 0.29) is 0 Å². The molecule has 15 heavy (non-hydrogen) atoms. The number of rotatable bonds is 0. The smallest absolute Gasteiger partial charge is 0.233 e. The summed E-state index contributed by atoms with van der Waals surface area (Å²) in [6, 6.07) is 0. The van der Waals surface area contributed by atoms with E-state index in [0.717, 1.165) is 0 Å². The molecule has 0 aromatic carbocycles. The van der Waals surface area contributed by atoms with Gasteiger partial charge in [0.2, 0.25) is 5.95 Å². The van der Waals surface area contributed by atoms with Crippen LogP contribution in [0.1, 0.15) is 26.5 Å². The molecule has 0 bridgehead atoms. The predicted octanol–water partition coefficient (Wildman–Crippen LogP) is 3.56. The van der Waals surface area contributed by atoms with Gasteiger partial charge in [-0.1, -0.05) is 0 Å². The Labute approximate surface area is 92.4 Å². The fourth-order valence-corrected chi connectivity index (χ4v) is 1.48. The molecule has 86 valence electrons. The van der Waals surface area contributed by atoms with Gasteiger partial charge in [0, 0.05) is 0 Å². The molecule has 0 amide bonds. The minimum atomic E-state index is -4.66. The second-order valence-corrected chi connectivity index (χ2v) is 4.83. The molecule has 0 aliphatic carbocycles. The summed E-state index contributed by atoms with van der Waals surface area (Å²) < 4.78 is 50.5. The van der Waals surface area contributed by atoms with Crippen LogP contribution in [-0.2, 0) is 11.7 Å². The summed E-state index contributed by atoms with van der Waals surface area (Å²) in [4.78, 5) is 0. The van der Waals surface area contributed by atoms with Gasteiger partial charge >= 0.3 is 6.18 Å². The summed E-state index contributed by atoms with van der Waals surface area (Å²) in [5, 5.41) is 3.22. The first-order valence-electron chi connectivity index (χ1n) is 4.07. The van der Waals surface area contributed by atoms with Gasteiger partial charge in [-0.05, 0) is 36.7 Å². The van der Waals surface area contributed by atoms with Crippen molar-refractivity contribution in [1.29, 1.82) is 0 Å². The van der Waals surface area contributed by atoms with Gasteiger partial charge in [0.15, 0.2) is 5.69 Å². The molecule has 1 heterocycles. The number of aromatic nitrogens is 2. The zero-order valence-corrected chi connectivity index (χ0v) is 9.87. The van der Waals surface area contributed by atoms with Gasteiger partial charge < -0.3 is 0 Å². The quantitative estimate of drug-likeness (QED) is 0.668. The van der Waals surface area contributed by atoms with E-state index < -0.39 is 27.8 Å². The third kappa shape index (κ3) is 2.32. The maximum atomic E-state index is 13.4. The average molecular weight is 289 g/mol. The zero-order chi connectivity index (χ0) is 12.0. The highest BCUT2D eigenvalue weighted by molar-refractivity contribution is 9.10. The fourth-order valence-electron chi connectivity index (χ4n) is 1.00. The Balaban J connectivity index is 3.38. The lowest BCUT2D eigenvalue weighted by atomic mass is 10.1. The van der Waals surface area contributed by atoms with Gasteiger partial charge in [0.25, 0.3) is 0 Å². The fraction of sp³-hybridized carbons (Fsp3) is 0.625. The first-order valence-corrected chi connectivity index (χ1v) is 4.86. The van der Waals surface area contributed by atoms with Gasteiger partial charge in [-0.15, -0.1) is 0 Å². The van der Waals surface area contributed by atoms with Crippen molar-refractivity contribution in [3.05, 3.63) is 16.1 Å². The van der Waals surface area contributed by atoms with Crippen LogP contribution in [0.25, 0.3) is 0 Å². The van der Waals surface area contributed by atoms with Crippen LogP contribution in [0, 0.1) is 5.95 Å². The summed E-state index contributed by atoms with van der Waals surface area (Å²) in [6.45, 7) is 4.70. The average Bonchev–Trinajstić information content (AvgIpc) is 2.26. The third-order valence-electron chi connectivity index (χ3n) is 1.68. The minimum absolute atomic E-state index is 0.648. The second kappa shape index (κ2) is 3.47. The summed E-state index contributed by atoms with van der Waals surface area (Å²) in [5.74, 6) is -1.02. The van der Waals surface area contributed by atoms with E-state index in [1.165, 1.54) is 0 Å². The second-order valence-electron chi connectivity index (χ2n) is 4.03. The first kappa shape index (κ1) is 12.5. The van der Waals surface area contributed by atoms with Crippen molar-refractivity contribution >= 4 is 15.9 Å². The van der Waals surface area contributed by atoms with Crippen molar-refractivity contribution in [3.8, 4) is 0 Å². The molecule has 0 spiro atoms. The maximum Gasteiger partial charge on any atom is 0.436 e. The molecule has 0 atom stereocenters. The third-order valence-corrected chi connectivity index (χ3v) is 2.38. The highest BCUT2D eigenvalue weighted by atomic mass is 79.9. The molecule has 0 aliphatic heterocycles. The molecule has 2 nitrogen and oxygen atoms in total. The summed E-state index contributed by atoms with van der Waals surface area (Å²) in [7, 11) is 0. The lowest BCUT2D eigenvalue weighted by Gasteiger charge is -2.19. The lowest BCUT2D eigenvalue weighted by molar-refractivity contribution is -0.142. The van der Waals surface area contributed by atoms with Gasteiger partial charge in [-0.2, -0.15) is 22.7 Å². The highest BCUT2D eigenvalue weighted by Gasteiger charge is 2.40. The van der Waals surface area contributed by atoms with E-state index >= 15 is 0 Å². The standard InChI is InChI=1S/C8H9BrF4N2/c1-7(2,3)15-6(10)4(9)5(14-15)8(11,12)13/h1-3H3. The summed E-state index contributed by atoms with van der Waals surface area (Å²) in [5.41, 5.74) is -2.08. The van der Waals surface area contributed by atoms with Crippen LogP contribution >= 0.6 is 15.9 Å². The summed E-state index contributed by atoms with van der Waals surface area (Å²) >= 11 is 2.55. The van der Waals surface area contributed by atoms with Crippen molar-refractivity contribution in [2.45, 2.75) is 32.5 Å². The van der Waals surface area contributed by atoms with Gasteiger partial charge in [0.05, 0.1) is 5.54 Å². The molecule has 0 N–H and O–H groups in total. The molecule has 0 saturated carbocycles. The van der Waals surface area contributed by atoms with Crippen molar-refractivity contribution in [2.75, 3.05) is 0 Å². The molecule has 0 unspecified atom stereocenters. The Morgan fingerprint density at radius 1 is 1.20 bits per heavy atom. The molecule has 0 aliphatic rings. The van der Waals surface area contributed by atoms with Crippen LogP contribution in [0.4, 0.5) is 17.6 Å².